The Morgan fingerprint density at radius 3 is 2.47 bits per heavy atom. The van der Waals surface area contributed by atoms with Gasteiger partial charge in [-0.3, -0.25) is 0 Å². The second-order valence-corrected chi connectivity index (χ2v) is 3.67. The molecule has 0 aliphatic carbocycles. The molecule has 0 fully saturated rings. The molecule has 0 saturated carbocycles. The minimum absolute atomic E-state index is 0.324. The Balaban J connectivity index is 2.04. The van der Waals surface area contributed by atoms with Crippen molar-refractivity contribution in [2.75, 3.05) is 7.11 Å². The van der Waals surface area contributed by atoms with Gasteiger partial charge in [-0.25, -0.2) is 0 Å². The zero-order valence-electron chi connectivity index (χ0n) is 9.26. The molecule has 0 atom stereocenters. The first-order valence-corrected chi connectivity index (χ1v) is 5.41. The second-order valence-electron chi connectivity index (χ2n) is 3.29. The van der Waals surface area contributed by atoms with Crippen LogP contribution in [-0.4, -0.2) is 17.3 Å². The van der Waals surface area contributed by atoms with E-state index in [0.29, 0.717) is 29.0 Å². The van der Waals surface area contributed by atoms with Gasteiger partial charge in [0.05, 0.1) is 7.11 Å². The number of para-hydroxylation sites is 2. The molecular weight excluding hydrogens is 240 g/mol. The van der Waals surface area contributed by atoms with Crippen LogP contribution in [0, 0.1) is 0 Å². The average Bonchev–Trinajstić information content (AvgIpc) is 2.38. The summed E-state index contributed by atoms with van der Waals surface area (Å²) in [6, 6.07) is 10.9. The molecule has 17 heavy (non-hydrogen) atoms. The lowest BCUT2D eigenvalue weighted by atomic mass is 10.3. The van der Waals surface area contributed by atoms with Gasteiger partial charge in [0.25, 0.3) is 0 Å². The number of hydrogen-bond acceptors (Lipinski definition) is 4. The van der Waals surface area contributed by atoms with Gasteiger partial charge in [-0.2, -0.15) is 5.10 Å². The lowest BCUT2D eigenvalue weighted by Crippen LogP contribution is -2.00. The van der Waals surface area contributed by atoms with Gasteiger partial charge in [-0.15, -0.1) is 5.10 Å². The molecule has 1 aromatic carbocycles. The van der Waals surface area contributed by atoms with Crippen molar-refractivity contribution in [3.8, 4) is 11.5 Å². The number of methoxy groups -OCH3 is 1. The lowest BCUT2D eigenvalue weighted by Gasteiger charge is -2.09. The van der Waals surface area contributed by atoms with Crippen LogP contribution in [0.1, 0.15) is 5.69 Å². The molecule has 0 spiro atoms. The predicted molar refractivity (Wildman–Crippen MR) is 64.4 cm³/mol. The molecule has 0 bridgehead atoms. The van der Waals surface area contributed by atoms with Gasteiger partial charge < -0.3 is 9.47 Å². The number of benzene rings is 1. The fraction of sp³-hybridized carbons (Fsp3) is 0.167. The molecule has 2 aromatic rings. The first kappa shape index (κ1) is 11.7. The number of rotatable bonds is 4. The van der Waals surface area contributed by atoms with Crippen LogP contribution in [0.4, 0.5) is 0 Å². The monoisotopic (exact) mass is 250 g/mol. The largest absolute Gasteiger partial charge is 0.493 e. The van der Waals surface area contributed by atoms with E-state index >= 15 is 0 Å². The van der Waals surface area contributed by atoms with Gasteiger partial charge in [-0.05, 0) is 24.3 Å². The highest BCUT2D eigenvalue weighted by Crippen LogP contribution is 2.26. The first-order chi connectivity index (χ1) is 8.29. The number of ether oxygens (including phenoxy) is 2. The Hall–Kier alpha value is -1.81. The molecule has 5 heteroatoms. The third-order valence-corrected chi connectivity index (χ3v) is 2.33. The van der Waals surface area contributed by atoms with Crippen LogP contribution in [-0.2, 0) is 6.61 Å². The van der Waals surface area contributed by atoms with Gasteiger partial charge in [0.15, 0.2) is 16.7 Å². The second kappa shape index (κ2) is 5.50. The Bertz CT molecular complexity index is 488. The molecule has 1 aromatic heterocycles. The minimum atomic E-state index is 0.324. The van der Waals surface area contributed by atoms with Crippen LogP contribution in [0.25, 0.3) is 0 Å². The van der Waals surface area contributed by atoms with Crippen LogP contribution in [0.2, 0.25) is 5.15 Å². The van der Waals surface area contributed by atoms with Crippen molar-refractivity contribution in [3.05, 3.63) is 47.2 Å². The summed E-state index contributed by atoms with van der Waals surface area (Å²) < 4.78 is 10.8. The van der Waals surface area contributed by atoms with E-state index < -0.39 is 0 Å². The highest BCUT2D eigenvalue weighted by Gasteiger charge is 2.03. The van der Waals surface area contributed by atoms with E-state index in [-0.39, 0.29) is 0 Å². The van der Waals surface area contributed by atoms with Gasteiger partial charge in [0, 0.05) is 0 Å². The van der Waals surface area contributed by atoms with Gasteiger partial charge in [0.2, 0.25) is 0 Å². The van der Waals surface area contributed by atoms with E-state index in [2.05, 4.69) is 10.2 Å². The molecule has 0 aliphatic rings. The predicted octanol–water partition coefficient (Wildman–Crippen LogP) is 2.72. The SMILES string of the molecule is COc1ccccc1OCc1ccc(Cl)nn1. The van der Waals surface area contributed by atoms with Crippen molar-refractivity contribution in [2.45, 2.75) is 6.61 Å². The number of halogens is 1. The van der Waals surface area contributed by atoms with Crippen molar-refractivity contribution in [1.29, 1.82) is 0 Å². The summed E-state index contributed by atoms with van der Waals surface area (Å²) >= 11 is 5.64. The maximum atomic E-state index is 5.64. The van der Waals surface area contributed by atoms with Crippen molar-refractivity contribution in [3.63, 3.8) is 0 Å². The molecule has 0 aliphatic heterocycles. The molecule has 0 N–H and O–H groups in total. The van der Waals surface area contributed by atoms with Crippen LogP contribution in [0.5, 0.6) is 11.5 Å². The Morgan fingerprint density at radius 2 is 1.82 bits per heavy atom. The Morgan fingerprint density at radius 1 is 1.06 bits per heavy atom. The summed E-state index contributed by atoms with van der Waals surface area (Å²) in [7, 11) is 1.60. The fourth-order valence-electron chi connectivity index (χ4n) is 1.31. The van der Waals surface area contributed by atoms with Crippen LogP contribution in [0.3, 0.4) is 0 Å². The third-order valence-electron chi connectivity index (χ3n) is 2.13. The summed E-state index contributed by atoms with van der Waals surface area (Å²) in [6.07, 6.45) is 0. The number of nitrogens with zero attached hydrogens (tertiary/aromatic N) is 2. The molecule has 0 radical (unpaired) electrons. The van der Waals surface area contributed by atoms with Crippen LogP contribution in [0.15, 0.2) is 36.4 Å². The standard InChI is InChI=1S/C12H11ClN2O2/c1-16-10-4-2-3-5-11(10)17-8-9-6-7-12(13)15-14-9/h2-7H,8H2,1H3. The summed E-state index contributed by atoms with van der Waals surface area (Å²) in [5.74, 6) is 1.36. The Kier molecular flexibility index (Phi) is 3.77. The van der Waals surface area contributed by atoms with E-state index in [9.17, 15) is 0 Å². The molecule has 4 nitrogen and oxygen atoms in total. The molecule has 1 heterocycles. The normalized spacial score (nSPS) is 10.0. The third kappa shape index (κ3) is 3.07. The maximum Gasteiger partial charge on any atom is 0.161 e. The van der Waals surface area contributed by atoms with Gasteiger partial charge >= 0.3 is 0 Å². The molecule has 2 rings (SSSR count). The van der Waals surface area contributed by atoms with Crippen molar-refractivity contribution in [1.82, 2.24) is 10.2 Å². The minimum Gasteiger partial charge on any atom is -0.493 e. The molecule has 0 unspecified atom stereocenters. The van der Waals surface area contributed by atoms with Crippen molar-refractivity contribution >= 4 is 11.6 Å². The first-order valence-electron chi connectivity index (χ1n) is 5.03. The van der Waals surface area contributed by atoms with E-state index in [1.807, 2.05) is 24.3 Å². The molecule has 0 saturated heterocycles. The van der Waals surface area contributed by atoms with E-state index in [1.54, 1.807) is 19.2 Å². The number of hydrogen-bond donors (Lipinski definition) is 0. The lowest BCUT2D eigenvalue weighted by molar-refractivity contribution is 0.279. The summed E-state index contributed by atoms with van der Waals surface area (Å²) in [5, 5.41) is 8.01. The van der Waals surface area contributed by atoms with Gasteiger partial charge in [-0.1, -0.05) is 23.7 Å². The number of aromatic nitrogens is 2. The fourth-order valence-corrected chi connectivity index (χ4v) is 1.41. The quantitative estimate of drug-likeness (QED) is 0.837. The van der Waals surface area contributed by atoms with E-state index in [4.69, 9.17) is 21.1 Å². The maximum absolute atomic E-state index is 5.64. The highest BCUT2D eigenvalue weighted by molar-refractivity contribution is 6.29. The summed E-state index contributed by atoms with van der Waals surface area (Å²) in [5.41, 5.74) is 0.709. The summed E-state index contributed by atoms with van der Waals surface area (Å²) in [4.78, 5) is 0. The topological polar surface area (TPSA) is 44.2 Å². The van der Waals surface area contributed by atoms with Crippen LogP contribution < -0.4 is 9.47 Å². The highest BCUT2D eigenvalue weighted by atomic mass is 35.5. The molecular formula is C12H11ClN2O2. The summed E-state index contributed by atoms with van der Waals surface area (Å²) in [6.45, 7) is 0.324. The van der Waals surface area contributed by atoms with Crippen molar-refractivity contribution in [2.24, 2.45) is 0 Å². The van der Waals surface area contributed by atoms with E-state index in [0.717, 1.165) is 0 Å². The average molecular weight is 251 g/mol. The van der Waals surface area contributed by atoms with E-state index in [1.165, 1.54) is 0 Å². The van der Waals surface area contributed by atoms with Gasteiger partial charge in [0.1, 0.15) is 12.3 Å². The smallest absolute Gasteiger partial charge is 0.161 e. The molecule has 88 valence electrons. The van der Waals surface area contributed by atoms with Crippen LogP contribution >= 0.6 is 11.6 Å². The zero-order chi connectivity index (χ0) is 12.1. The zero-order valence-corrected chi connectivity index (χ0v) is 10.0. The Labute approximate surface area is 104 Å². The van der Waals surface area contributed by atoms with Crippen molar-refractivity contribution < 1.29 is 9.47 Å². The molecule has 0 amide bonds.